The summed E-state index contributed by atoms with van der Waals surface area (Å²) in [7, 11) is 3.21. The zero-order chi connectivity index (χ0) is 17.7. The number of rotatable bonds is 5. The van der Waals surface area contributed by atoms with E-state index in [-0.39, 0.29) is 30.8 Å². The summed E-state index contributed by atoms with van der Waals surface area (Å²) >= 11 is 0. The molecule has 0 aliphatic carbocycles. The minimum Gasteiger partial charge on any atom is -0.368 e. The summed E-state index contributed by atoms with van der Waals surface area (Å²) in [6, 6.07) is 5.77. The monoisotopic (exact) mass is 369 g/mol. The van der Waals surface area contributed by atoms with E-state index in [9.17, 15) is 9.59 Å². The van der Waals surface area contributed by atoms with Crippen molar-refractivity contribution in [3.63, 3.8) is 0 Å². The molecule has 0 saturated carbocycles. The molecule has 140 valence electrons. The maximum absolute atomic E-state index is 12.8. The summed E-state index contributed by atoms with van der Waals surface area (Å²) in [5, 5.41) is 6.11. The zero-order valence-electron chi connectivity index (χ0n) is 15.3. The third kappa shape index (κ3) is 4.93. The Hall–Kier alpha value is -1.63. The minimum atomic E-state index is -0.820. The van der Waals surface area contributed by atoms with E-state index in [1.165, 1.54) is 4.90 Å². The topological polar surface area (TPSA) is 70.7 Å². The van der Waals surface area contributed by atoms with Crippen LogP contribution in [-0.4, -0.2) is 56.1 Å². The summed E-state index contributed by atoms with van der Waals surface area (Å²) in [6.45, 7) is 5.45. The number of anilines is 1. The van der Waals surface area contributed by atoms with E-state index >= 15 is 0 Å². The van der Waals surface area contributed by atoms with Crippen LogP contribution in [0.5, 0.6) is 0 Å². The molecule has 0 aromatic heterocycles. The molecule has 0 bridgehead atoms. The minimum absolute atomic E-state index is 0. The summed E-state index contributed by atoms with van der Waals surface area (Å²) in [4.78, 5) is 26.5. The molecule has 0 unspecified atom stereocenters. The van der Waals surface area contributed by atoms with E-state index in [2.05, 4.69) is 10.6 Å². The van der Waals surface area contributed by atoms with Crippen LogP contribution in [-0.2, 0) is 14.3 Å². The number of likely N-dealkylation sites (N-methyl/N-ethyl adjacent to an activating group) is 1. The molecule has 2 rings (SSSR count). The van der Waals surface area contributed by atoms with Crippen LogP contribution >= 0.6 is 12.4 Å². The lowest BCUT2D eigenvalue weighted by Gasteiger charge is -2.37. The highest BCUT2D eigenvalue weighted by molar-refractivity contribution is 5.96. The van der Waals surface area contributed by atoms with Gasteiger partial charge < -0.3 is 20.3 Å². The first-order valence-corrected chi connectivity index (χ1v) is 8.27. The highest BCUT2D eigenvalue weighted by Gasteiger charge is 2.41. The second-order valence-electron chi connectivity index (χ2n) is 6.41. The SMILES string of the molecule is COC1(C(=O)N(C)CC(=O)Nc2cccc(C)c2C)CCNCC1.Cl. The molecule has 1 saturated heterocycles. The van der Waals surface area contributed by atoms with Crippen molar-refractivity contribution >= 4 is 29.9 Å². The summed E-state index contributed by atoms with van der Waals surface area (Å²) in [5.41, 5.74) is 2.11. The summed E-state index contributed by atoms with van der Waals surface area (Å²) < 4.78 is 5.53. The summed E-state index contributed by atoms with van der Waals surface area (Å²) in [5.74, 6) is -0.345. The Morgan fingerprint density at radius 3 is 2.52 bits per heavy atom. The van der Waals surface area contributed by atoms with Crippen molar-refractivity contribution in [1.29, 1.82) is 0 Å². The maximum atomic E-state index is 12.8. The van der Waals surface area contributed by atoms with Gasteiger partial charge in [0.05, 0.1) is 6.54 Å². The number of hydrogen-bond acceptors (Lipinski definition) is 4. The second kappa shape index (κ2) is 9.17. The molecule has 6 nitrogen and oxygen atoms in total. The van der Waals surface area contributed by atoms with Crippen LogP contribution in [0.1, 0.15) is 24.0 Å². The standard InChI is InChI=1S/C18H27N3O3.ClH/c1-13-6-5-7-15(14(13)2)20-16(22)12-21(3)17(23)18(24-4)8-10-19-11-9-18;/h5-7,19H,8-12H2,1-4H3,(H,20,22);1H. The van der Waals surface area contributed by atoms with Crippen molar-refractivity contribution in [2.24, 2.45) is 0 Å². The van der Waals surface area contributed by atoms with Gasteiger partial charge in [-0.15, -0.1) is 12.4 Å². The van der Waals surface area contributed by atoms with Crippen molar-refractivity contribution in [3.05, 3.63) is 29.3 Å². The fourth-order valence-electron chi connectivity index (χ4n) is 3.05. The Morgan fingerprint density at radius 1 is 1.28 bits per heavy atom. The first-order chi connectivity index (χ1) is 11.4. The first kappa shape index (κ1) is 21.4. The van der Waals surface area contributed by atoms with Gasteiger partial charge in [-0.1, -0.05) is 12.1 Å². The Bertz CT molecular complexity index is 616. The molecule has 25 heavy (non-hydrogen) atoms. The van der Waals surface area contributed by atoms with Crippen LogP contribution in [0.25, 0.3) is 0 Å². The van der Waals surface area contributed by atoms with Gasteiger partial charge in [0.2, 0.25) is 5.91 Å². The van der Waals surface area contributed by atoms with E-state index in [1.807, 2.05) is 32.0 Å². The summed E-state index contributed by atoms with van der Waals surface area (Å²) in [6.07, 6.45) is 1.23. The molecule has 2 N–H and O–H groups in total. The Labute approximate surface area is 155 Å². The van der Waals surface area contributed by atoms with Crippen molar-refractivity contribution in [2.45, 2.75) is 32.3 Å². The molecule has 1 fully saturated rings. The fraction of sp³-hybridized carbons (Fsp3) is 0.556. The molecular weight excluding hydrogens is 342 g/mol. The highest BCUT2D eigenvalue weighted by Crippen LogP contribution is 2.25. The predicted molar refractivity (Wildman–Crippen MR) is 101 cm³/mol. The molecule has 1 aliphatic rings. The smallest absolute Gasteiger partial charge is 0.255 e. The number of piperidine rings is 1. The van der Waals surface area contributed by atoms with Crippen LogP contribution in [0.15, 0.2) is 18.2 Å². The Morgan fingerprint density at radius 2 is 1.92 bits per heavy atom. The Balaban J connectivity index is 0.00000312. The van der Waals surface area contributed by atoms with Gasteiger partial charge in [0, 0.05) is 19.8 Å². The maximum Gasteiger partial charge on any atom is 0.255 e. The van der Waals surface area contributed by atoms with E-state index in [0.29, 0.717) is 12.8 Å². The molecule has 1 heterocycles. The number of carbonyl (C=O) groups is 2. The van der Waals surface area contributed by atoms with E-state index < -0.39 is 5.60 Å². The van der Waals surface area contributed by atoms with Gasteiger partial charge in [-0.2, -0.15) is 0 Å². The largest absolute Gasteiger partial charge is 0.368 e. The number of benzene rings is 1. The van der Waals surface area contributed by atoms with Gasteiger partial charge in [0.15, 0.2) is 0 Å². The van der Waals surface area contributed by atoms with Crippen LogP contribution in [0.2, 0.25) is 0 Å². The van der Waals surface area contributed by atoms with Crippen molar-refractivity contribution in [1.82, 2.24) is 10.2 Å². The van der Waals surface area contributed by atoms with Crippen LogP contribution in [0.3, 0.4) is 0 Å². The van der Waals surface area contributed by atoms with Crippen LogP contribution in [0, 0.1) is 13.8 Å². The number of carbonyl (C=O) groups excluding carboxylic acids is 2. The van der Waals surface area contributed by atoms with Gasteiger partial charge in [0.25, 0.3) is 5.91 Å². The van der Waals surface area contributed by atoms with Crippen molar-refractivity contribution < 1.29 is 14.3 Å². The van der Waals surface area contributed by atoms with Crippen molar-refractivity contribution in [2.75, 3.05) is 39.1 Å². The number of halogens is 1. The lowest BCUT2D eigenvalue weighted by molar-refractivity contribution is -0.157. The third-order valence-corrected chi connectivity index (χ3v) is 4.80. The predicted octanol–water partition coefficient (Wildman–Crippen LogP) is 1.89. The highest BCUT2D eigenvalue weighted by atomic mass is 35.5. The molecule has 0 radical (unpaired) electrons. The molecule has 1 aromatic carbocycles. The average Bonchev–Trinajstić information content (AvgIpc) is 2.58. The third-order valence-electron chi connectivity index (χ3n) is 4.80. The molecule has 7 heteroatoms. The lowest BCUT2D eigenvalue weighted by Crippen LogP contribution is -2.55. The van der Waals surface area contributed by atoms with E-state index in [4.69, 9.17) is 4.74 Å². The van der Waals surface area contributed by atoms with E-state index in [1.54, 1.807) is 14.2 Å². The van der Waals surface area contributed by atoms with Gasteiger partial charge in [-0.3, -0.25) is 9.59 Å². The number of aryl methyl sites for hydroxylation is 1. The lowest BCUT2D eigenvalue weighted by atomic mass is 9.90. The number of hydrogen-bond donors (Lipinski definition) is 2. The van der Waals surface area contributed by atoms with Crippen LogP contribution in [0.4, 0.5) is 5.69 Å². The average molecular weight is 370 g/mol. The van der Waals surface area contributed by atoms with Crippen LogP contribution < -0.4 is 10.6 Å². The molecular formula is C18H28ClN3O3. The zero-order valence-corrected chi connectivity index (χ0v) is 16.2. The van der Waals surface area contributed by atoms with Gasteiger partial charge in [0.1, 0.15) is 5.60 Å². The number of ether oxygens (including phenoxy) is 1. The fourth-order valence-corrected chi connectivity index (χ4v) is 3.05. The van der Waals surface area contributed by atoms with Gasteiger partial charge in [-0.05, 0) is 57.0 Å². The Kier molecular flexibility index (Phi) is 7.86. The van der Waals surface area contributed by atoms with Crippen molar-refractivity contribution in [3.8, 4) is 0 Å². The molecule has 1 aliphatic heterocycles. The normalized spacial score (nSPS) is 15.8. The molecule has 1 aromatic rings. The van der Waals surface area contributed by atoms with Gasteiger partial charge in [-0.25, -0.2) is 0 Å². The second-order valence-corrected chi connectivity index (χ2v) is 6.41. The molecule has 0 spiro atoms. The number of methoxy groups -OCH3 is 1. The number of amides is 2. The van der Waals surface area contributed by atoms with Gasteiger partial charge >= 0.3 is 0 Å². The first-order valence-electron chi connectivity index (χ1n) is 8.27. The quantitative estimate of drug-likeness (QED) is 0.831. The molecule has 0 atom stereocenters. The number of nitrogens with one attached hydrogen (secondary N) is 2. The number of nitrogens with zero attached hydrogens (tertiary/aromatic N) is 1. The van der Waals surface area contributed by atoms with E-state index in [0.717, 1.165) is 29.9 Å². The molecule has 2 amide bonds.